The zero-order valence-electron chi connectivity index (χ0n) is 11.2. The van der Waals surface area contributed by atoms with E-state index in [1.807, 2.05) is 0 Å². The van der Waals surface area contributed by atoms with Crippen molar-refractivity contribution in [2.45, 2.75) is 6.92 Å². The number of carbonyl (C=O) groups is 3. The van der Waals surface area contributed by atoms with Gasteiger partial charge in [-0.1, -0.05) is 18.2 Å². The van der Waals surface area contributed by atoms with Crippen LogP contribution in [0.5, 0.6) is 5.75 Å². The molecule has 0 radical (unpaired) electrons. The van der Waals surface area contributed by atoms with Gasteiger partial charge in [0.15, 0.2) is 5.78 Å². The Morgan fingerprint density at radius 1 is 0.905 bits per heavy atom. The smallest absolute Gasteiger partial charge is 0.343 e. The lowest BCUT2D eigenvalue weighted by Crippen LogP contribution is -2.10. The highest BCUT2D eigenvalue weighted by molar-refractivity contribution is 5.98. The van der Waals surface area contributed by atoms with Crippen LogP contribution >= 0.6 is 0 Å². The van der Waals surface area contributed by atoms with E-state index in [0.29, 0.717) is 5.56 Å². The molecule has 0 amide bonds. The lowest BCUT2D eigenvalue weighted by Gasteiger charge is -2.07. The van der Waals surface area contributed by atoms with Crippen molar-refractivity contribution in [1.82, 2.24) is 0 Å². The van der Waals surface area contributed by atoms with Crippen molar-refractivity contribution in [3.63, 3.8) is 0 Å². The molecule has 0 aliphatic heterocycles. The molecule has 1 N–H and O–H groups in total. The molecule has 2 aromatic rings. The number of hydrogen-bond donors (Lipinski definition) is 1. The number of carboxylic acid groups (broad SMARTS) is 1. The summed E-state index contributed by atoms with van der Waals surface area (Å²) in [7, 11) is 0. The van der Waals surface area contributed by atoms with Crippen LogP contribution in [0.1, 0.15) is 38.0 Å². The fraction of sp³-hybridized carbons (Fsp3) is 0.0625. The van der Waals surface area contributed by atoms with E-state index in [4.69, 9.17) is 9.84 Å². The van der Waals surface area contributed by atoms with Gasteiger partial charge in [-0.2, -0.15) is 0 Å². The molecule has 0 saturated carbocycles. The summed E-state index contributed by atoms with van der Waals surface area (Å²) in [4.78, 5) is 34.3. The van der Waals surface area contributed by atoms with Crippen LogP contribution in [0.2, 0.25) is 0 Å². The van der Waals surface area contributed by atoms with Crippen LogP contribution in [0.25, 0.3) is 0 Å². The molecule has 0 aliphatic carbocycles. The fourth-order valence-corrected chi connectivity index (χ4v) is 1.72. The van der Waals surface area contributed by atoms with Crippen molar-refractivity contribution in [2.75, 3.05) is 0 Å². The molecule has 0 aliphatic rings. The molecule has 21 heavy (non-hydrogen) atoms. The summed E-state index contributed by atoms with van der Waals surface area (Å²) in [6.07, 6.45) is 0. The molecular weight excluding hydrogens is 272 g/mol. The Balaban J connectivity index is 2.33. The van der Waals surface area contributed by atoms with Crippen LogP contribution in [0.4, 0.5) is 0 Å². The fourth-order valence-electron chi connectivity index (χ4n) is 1.72. The molecule has 0 spiro atoms. The zero-order valence-corrected chi connectivity index (χ0v) is 11.2. The summed E-state index contributed by atoms with van der Waals surface area (Å²) >= 11 is 0. The molecule has 106 valence electrons. The van der Waals surface area contributed by atoms with Crippen molar-refractivity contribution in [3.05, 3.63) is 65.2 Å². The van der Waals surface area contributed by atoms with Gasteiger partial charge in [0.1, 0.15) is 5.75 Å². The molecular formula is C16H12O5. The quantitative estimate of drug-likeness (QED) is 0.530. The third-order valence-corrected chi connectivity index (χ3v) is 2.78. The Bertz CT molecular complexity index is 672. The molecule has 5 heteroatoms. The maximum Gasteiger partial charge on any atom is 0.343 e. The van der Waals surface area contributed by atoms with Crippen LogP contribution in [0.3, 0.4) is 0 Å². The van der Waals surface area contributed by atoms with E-state index in [9.17, 15) is 14.4 Å². The third kappa shape index (κ3) is 3.54. The average molecular weight is 284 g/mol. The first-order valence-electron chi connectivity index (χ1n) is 6.14. The third-order valence-electron chi connectivity index (χ3n) is 2.78. The summed E-state index contributed by atoms with van der Waals surface area (Å²) < 4.78 is 5.13. The molecule has 0 heterocycles. The summed E-state index contributed by atoms with van der Waals surface area (Å²) in [5.74, 6) is -2.10. The van der Waals surface area contributed by atoms with Crippen LogP contribution in [0, 0.1) is 0 Å². The van der Waals surface area contributed by atoms with Crippen LogP contribution < -0.4 is 4.74 Å². The van der Waals surface area contributed by atoms with Gasteiger partial charge in [0.2, 0.25) is 0 Å². The van der Waals surface area contributed by atoms with E-state index in [0.717, 1.165) is 0 Å². The van der Waals surface area contributed by atoms with Gasteiger partial charge in [-0.15, -0.1) is 0 Å². The number of aromatic carboxylic acids is 1. The number of benzene rings is 2. The number of esters is 1. The number of Topliss-reactive ketones (excluding diaryl/α,β-unsaturated/α-hetero) is 1. The minimum Gasteiger partial charge on any atom is -0.478 e. The SMILES string of the molecule is CC(=O)c1cc(OC(=O)c2ccccc2)cc(C(=O)O)c1. The van der Waals surface area contributed by atoms with Crippen molar-refractivity contribution in [3.8, 4) is 5.75 Å². The highest BCUT2D eigenvalue weighted by atomic mass is 16.5. The first kappa shape index (κ1) is 14.5. The molecule has 0 saturated heterocycles. The molecule has 0 fully saturated rings. The van der Waals surface area contributed by atoms with Crippen molar-refractivity contribution in [1.29, 1.82) is 0 Å². The van der Waals surface area contributed by atoms with Crippen LogP contribution in [-0.2, 0) is 0 Å². The first-order valence-corrected chi connectivity index (χ1v) is 6.14. The largest absolute Gasteiger partial charge is 0.478 e. The monoisotopic (exact) mass is 284 g/mol. The van der Waals surface area contributed by atoms with E-state index in [2.05, 4.69) is 0 Å². The summed E-state index contributed by atoms with van der Waals surface area (Å²) in [6, 6.07) is 12.1. The average Bonchev–Trinajstić information content (AvgIpc) is 2.47. The van der Waals surface area contributed by atoms with E-state index < -0.39 is 11.9 Å². The van der Waals surface area contributed by atoms with E-state index >= 15 is 0 Å². The lowest BCUT2D eigenvalue weighted by atomic mass is 10.1. The Hall–Kier alpha value is -2.95. The van der Waals surface area contributed by atoms with Gasteiger partial charge < -0.3 is 9.84 Å². The molecule has 0 atom stereocenters. The van der Waals surface area contributed by atoms with Crippen molar-refractivity contribution in [2.24, 2.45) is 0 Å². The van der Waals surface area contributed by atoms with Gasteiger partial charge in [0, 0.05) is 5.56 Å². The predicted octanol–water partition coefficient (Wildman–Crippen LogP) is 2.81. The number of hydrogen-bond acceptors (Lipinski definition) is 4. The molecule has 5 nitrogen and oxygen atoms in total. The Kier molecular flexibility index (Phi) is 4.13. The highest BCUT2D eigenvalue weighted by Crippen LogP contribution is 2.19. The Labute approximate surface area is 120 Å². The van der Waals surface area contributed by atoms with Crippen molar-refractivity contribution < 1.29 is 24.2 Å². The molecule has 0 aromatic heterocycles. The molecule has 2 rings (SSSR count). The number of rotatable bonds is 4. The van der Waals surface area contributed by atoms with E-state index in [1.54, 1.807) is 30.3 Å². The molecule has 0 unspecified atom stereocenters. The second-order valence-electron chi connectivity index (χ2n) is 4.36. The predicted molar refractivity (Wildman–Crippen MR) is 74.8 cm³/mol. The Morgan fingerprint density at radius 2 is 1.52 bits per heavy atom. The van der Waals surface area contributed by atoms with Gasteiger partial charge in [0.25, 0.3) is 0 Å². The number of carboxylic acids is 1. The summed E-state index contributed by atoms with van der Waals surface area (Å²) in [5.41, 5.74) is 0.395. The maximum atomic E-state index is 11.9. The number of ether oxygens (including phenoxy) is 1. The minimum atomic E-state index is -1.20. The van der Waals surface area contributed by atoms with Gasteiger partial charge in [-0.05, 0) is 37.3 Å². The number of carbonyl (C=O) groups excluding carboxylic acids is 2. The summed E-state index contributed by atoms with van der Waals surface area (Å²) in [6.45, 7) is 1.31. The van der Waals surface area contributed by atoms with Gasteiger partial charge in [-0.25, -0.2) is 9.59 Å². The lowest BCUT2D eigenvalue weighted by molar-refractivity contribution is 0.0687. The zero-order chi connectivity index (χ0) is 15.4. The Morgan fingerprint density at radius 3 is 2.10 bits per heavy atom. The summed E-state index contributed by atoms with van der Waals surface area (Å²) in [5, 5.41) is 9.01. The topological polar surface area (TPSA) is 80.7 Å². The van der Waals surface area contributed by atoms with E-state index in [-0.39, 0.29) is 22.7 Å². The van der Waals surface area contributed by atoms with Crippen molar-refractivity contribution >= 4 is 17.7 Å². The standard InChI is InChI=1S/C16H12O5/c1-10(17)12-7-13(15(18)19)9-14(8-12)21-16(20)11-5-3-2-4-6-11/h2-9H,1H3,(H,18,19). The maximum absolute atomic E-state index is 11.9. The van der Waals surface area contributed by atoms with Crippen LogP contribution in [0.15, 0.2) is 48.5 Å². The first-order chi connectivity index (χ1) is 9.97. The second kappa shape index (κ2) is 6.00. The highest BCUT2D eigenvalue weighted by Gasteiger charge is 2.13. The second-order valence-corrected chi connectivity index (χ2v) is 4.36. The molecule has 2 aromatic carbocycles. The van der Waals surface area contributed by atoms with Crippen LogP contribution in [-0.4, -0.2) is 22.8 Å². The van der Waals surface area contributed by atoms with Gasteiger partial charge in [0.05, 0.1) is 11.1 Å². The molecule has 0 bridgehead atoms. The minimum absolute atomic E-state index is 0.0222. The van der Waals surface area contributed by atoms with Gasteiger partial charge >= 0.3 is 11.9 Å². The van der Waals surface area contributed by atoms with E-state index in [1.165, 1.54) is 25.1 Å². The normalized spacial score (nSPS) is 9.95. The number of ketones is 1. The van der Waals surface area contributed by atoms with Gasteiger partial charge in [-0.3, -0.25) is 4.79 Å².